The molecule has 1 aliphatic carbocycles. The van der Waals surface area contributed by atoms with E-state index in [9.17, 15) is 9.59 Å². The highest BCUT2D eigenvalue weighted by Crippen LogP contribution is 2.34. The molecule has 8 heteroatoms. The lowest BCUT2D eigenvalue weighted by Crippen LogP contribution is -2.66. The maximum Gasteiger partial charge on any atom is 0.238 e. The summed E-state index contributed by atoms with van der Waals surface area (Å²) in [6.45, 7) is 1.74. The molecule has 1 atom stereocenters. The predicted octanol–water partition coefficient (Wildman–Crippen LogP) is 4.27. The quantitative estimate of drug-likeness (QED) is 0.550. The topological polar surface area (TPSA) is 74.3 Å². The second-order valence-electron chi connectivity index (χ2n) is 9.08. The molecule has 1 aliphatic heterocycles. The monoisotopic (exact) mass is 482 g/mol. The molecule has 0 radical (unpaired) electrons. The number of rotatable bonds is 6. The van der Waals surface area contributed by atoms with E-state index in [-0.39, 0.29) is 23.8 Å². The average molecular weight is 483 g/mol. The van der Waals surface area contributed by atoms with Crippen molar-refractivity contribution in [3.63, 3.8) is 0 Å². The largest absolute Gasteiger partial charge is 0.350 e. The van der Waals surface area contributed by atoms with Crippen molar-refractivity contribution in [2.75, 3.05) is 6.54 Å². The first-order chi connectivity index (χ1) is 16.0. The van der Waals surface area contributed by atoms with Crippen LogP contribution < -0.4 is 10.6 Å². The highest BCUT2D eigenvalue weighted by Gasteiger charge is 2.45. The fourth-order valence-electron chi connectivity index (χ4n) is 5.01. The van der Waals surface area contributed by atoms with Gasteiger partial charge in [0, 0.05) is 18.1 Å². The Bertz CT molecular complexity index is 1120. The van der Waals surface area contributed by atoms with Crippen LogP contribution in [0.5, 0.6) is 0 Å². The third-order valence-electron chi connectivity index (χ3n) is 6.65. The minimum absolute atomic E-state index is 0.0488. The molecular formula is C25H27ClN4O2S. The van der Waals surface area contributed by atoms with Crippen molar-refractivity contribution >= 4 is 45.0 Å². The summed E-state index contributed by atoms with van der Waals surface area (Å²) in [6.07, 6.45) is 4.37. The Balaban J connectivity index is 1.27. The number of hydrogen-bond acceptors (Lipinski definition) is 5. The van der Waals surface area contributed by atoms with Crippen LogP contribution in [0.25, 0.3) is 10.2 Å². The third kappa shape index (κ3) is 5.05. The van der Waals surface area contributed by atoms with Gasteiger partial charge in [-0.2, -0.15) is 0 Å². The summed E-state index contributed by atoms with van der Waals surface area (Å²) in [5.41, 5.74) is 1.86. The van der Waals surface area contributed by atoms with E-state index in [0.29, 0.717) is 18.1 Å². The van der Waals surface area contributed by atoms with Gasteiger partial charge >= 0.3 is 0 Å². The van der Waals surface area contributed by atoms with Crippen LogP contribution >= 0.6 is 22.9 Å². The number of carbonyl (C=O) groups excluding carboxylic acids is 2. The first-order valence-corrected chi connectivity index (χ1v) is 12.6. The van der Waals surface area contributed by atoms with E-state index in [0.717, 1.165) is 53.0 Å². The molecule has 1 spiro atoms. The summed E-state index contributed by atoms with van der Waals surface area (Å²) < 4.78 is 1.10. The van der Waals surface area contributed by atoms with Crippen LogP contribution in [0, 0.1) is 0 Å². The fourth-order valence-corrected chi connectivity index (χ4v) is 6.05. The van der Waals surface area contributed by atoms with Crippen molar-refractivity contribution in [2.45, 2.75) is 56.8 Å². The minimum Gasteiger partial charge on any atom is -0.350 e. The van der Waals surface area contributed by atoms with Crippen LogP contribution in [0.15, 0.2) is 48.5 Å². The first-order valence-electron chi connectivity index (χ1n) is 11.4. The van der Waals surface area contributed by atoms with Gasteiger partial charge in [-0.05, 0) is 42.7 Å². The third-order valence-corrected chi connectivity index (χ3v) is 7.94. The molecular weight excluding hydrogens is 456 g/mol. The van der Waals surface area contributed by atoms with Crippen molar-refractivity contribution in [3.05, 3.63) is 64.1 Å². The summed E-state index contributed by atoms with van der Waals surface area (Å²) in [5, 5.41) is 7.79. The standard InChI is InChI=1S/C25H27ClN4O2S/c26-18-9-7-17(8-10-18)15-30-16-25(11-3-4-12-25)29-24(32)20(30)13-22(31)27-14-23-28-19-5-1-2-6-21(19)33-23/h1-2,5-10,20H,3-4,11-16H2,(H,27,31)(H,29,32). The van der Waals surface area contributed by atoms with E-state index in [1.54, 1.807) is 11.3 Å². The van der Waals surface area contributed by atoms with Gasteiger partial charge in [-0.3, -0.25) is 14.5 Å². The van der Waals surface area contributed by atoms with E-state index >= 15 is 0 Å². The maximum absolute atomic E-state index is 13.2. The van der Waals surface area contributed by atoms with Gasteiger partial charge in [0.15, 0.2) is 0 Å². The van der Waals surface area contributed by atoms with Crippen molar-refractivity contribution in [1.29, 1.82) is 0 Å². The van der Waals surface area contributed by atoms with Gasteiger partial charge in [0.25, 0.3) is 0 Å². The van der Waals surface area contributed by atoms with Crippen LogP contribution in [-0.2, 0) is 22.7 Å². The molecule has 3 aromatic rings. The van der Waals surface area contributed by atoms with Gasteiger partial charge in [-0.1, -0.05) is 48.7 Å². The highest BCUT2D eigenvalue weighted by atomic mass is 35.5. The Morgan fingerprint density at radius 3 is 2.70 bits per heavy atom. The van der Waals surface area contributed by atoms with Gasteiger partial charge in [0.1, 0.15) is 5.01 Å². The molecule has 172 valence electrons. The molecule has 1 unspecified atom stereocenters. The molecule has 2 heterocycles. The van der Waals surface area contributed by atoms with Crippen LogP contribution in [0.3, 0.4) is 0 Å². The zero-order chi connectivity index (χ0) is 22.8. The number of halogens is 1. The molecule has 1 aromatic heterocycles. The zero-order valence-corrected chi connectivity index (χ0v) is 19.9. The summed E-state index contributed by atoms with van der Waals surface area (Å²) in [7, 11) is 0. The summed E-state index contributed by atoms with van der Waals surface area (Å²) in [5.74, 6) is -0.190. The van der Waals surface area contributed by atoms with Crippen LogP contribution in [0.1, 0.15) is 42.7 Å². The Hall–Kier alpha value is -2.48. The number of aromatic nitrogens is 1. The molecule has 2 fully saturated rings. The lowest BCUT2D eigenvalue weighted by Gasteiger charge is -2.45. The molecule has 0 bridgehead atoms. The number of nitrogens with one attached hydrogen (secondary N) is 2. The number of carbonyl (C=O) groups is 2. The molecule has 5 rings (SSSR count). The van der Waals surface area contributed by atoms with E-state index in [1.165, 1.54) is 0 Å². The van der Waals surface area contributed by atoms with Crippen molar-refractivity contribution in [1.82, 2.24) is 20.5 Å². The van der Waals surface area contributed by atoms with Crippen molar-refractivity contribution in [2.24, 2.45) is 0 Å². The number of benzene rings is 2. The normalized spacial score (nSPS) is 20.3. The number of piperazine rings is 1. The van der Waals surface area contributed by atoms with Crippen molar-refractivity contribution in [3.8, 4) is 0 Å². The number of hydrogen-bond donors (Lipinski definition) is 2. The second kappa shape index (κ2) is 9.41. The molecule has 2 N–H and O–H groups in total. The van der Waals surface area contributed by atoms with Gasteiger partial charge in [-0.25, -0.2) is 4.98 Å². The van der Waals surface area contributed by atoms with Gasteiger partial charge in [-0.15, -0.1) is 11.3 Å². The van der Waals surface area contributed by atoms with Crippen molar-refractivity contribution < 1.29 is 9.59 Å². The molecule has 2 amide bonds. The zero-order valence-electron chi connectivity index (χ0n) is 18.4. The number of thiazole rings is 1. The number of nitrogens with zero attached hydrogens (tertiary/aromatic N) is 2. The molecule has 1 saturated heterocycles. The summed E-state index contributed by atoms with van der Waals surface area (Å²) in [6, 6.07) is 15.1. The van der Waals surface area contributed by atoms with Gasteiger partial charge in [0.05, 0.1) is 34.8 Å². The maximum atomic E-state index is 13.2. The summed E-state index contributed by atoms with van der Waals surface area (Å²) >= 11 is 7.63. The molecule has 6 nitrogen and oxygen atoms in total. The molecule has 2 aliphatic rings. The minimum atomic E-state index is -0.498. The average Bonchev–Trinajstić information content (AvgIpc) is 3.43. The highest BCUT2D eigenvalue weighted by molar-refractivity contribution is 7.18. The van der Waals surface area contributed by atoms with Gasteiger partial charge in [0.2, 0.25) is 11.8 Å². The first kappa shape index (κ1) is 22.3. The van der Waals surface area contributed by atoms with Gasteiger partial charge < -0.3 is 10.6 Å². The smallest absolute Gasteiger partial charge is 0.238 e. The number of fused-ring (bicyclic) bond motifs is 1. The lowest BCUT2D eigenvalue weighted by atomic mass is 9.90. The molecule has 1 saturated carbocycles. The Morgan fingerprint density at radius 1 is 1.18 bits per heavy atom. The van der Waals surface area contributed by atoms with E-state index in [4.69, 9.17) is 11.6 Å². The fraction of sp³-hybridized carbons (Fsp3) is 0.400. The van der Waals surface area contributed by atoms with E-state index in [1.807, 2.05) is 48.5 Å². The van der Waals surface area contributed by atoms with E-state index < -0.39 is 6.04 Å². The SMILES string of the molecule is O=C(CC1C(=O)NC2(CCCC2)CN1Cc1ccc(Cl)cc1)NCc1nc2ccccc2s1. The van der Waals surface area contributed by atoms with Crippen LogP contribution in [0.4, 0.5) is 0 Å². The van der Waals surface area contributed by atoms with E-state index in [2.05, 4.69) is 20.5 Å². The number of para-hydroxylation sites is 1. The second-order valence-corrected chi connectivity index (χ2v) is 10.6. The summed E-state index contributed by atoms with van der Waals surface area (Å²) in [4.78, 5) is 32.8. The predicted molar refractivity (Wildman–Crippen MR) is 131 cm³/mol. The van der Waals surface area contributed by atoms with Crippen LogP contribution in [0.2, 0.25) is 5.02 Å². The number of amides is 2. The lowest BCUT2D eigenvalue weighted by molar-refractivity contribution is -0.138. The molecule has 33 heavy (non-hydrogen) atoms. The molecule has 2 aromatic carbocycles. The Labute approximate surface area is 202 Å². The Kier molecular flexibility index (Phi) is 6.36. The van der Waals surface area contributed by atoms with Crippen LogP contribution in [-0.4, -0.2) is 39.8 Å². The Morgan fingerprint density at radius 2 is 1.94 bits per heavy atom.